The molecule has 0 fully saturated rings. The van der Waals surface area contributed by atoms with Crippen LogP contribution in [0, 0.1) is 12.8 Å². The van der Waals surface area contributed by atoms with Gasteiger partial charge < -0.3 is 0 Å². The molecule has 0 saturated heterocycles. The first-order valence-electron chi connectivity index (χ1n) is 6.88. The van der Waals surface area contributed by atoms with Crippen molar-refractivity contribution in [3.63, 3.8) is 0 Å². The number of fused-ring (bicyclic) bond motifs is 1. The second-order valence-corrected chi connectivity index (χ2v) is 5.71. The highest BCUT2D eigenvalue weighted by Gasteiger charge is 2.25. The minimum Gasteiger partial charge on any atom is -0.0622 e. The zero-order valence-electron chi connectivity index (χ0n) is 11.2. The van der Waals surface area contributed by atoms with Gasteiger partial charge in [-0.3, -0.25) is 0 Å². The van der Waals surface area contributed by atoms with E-state index in [4.69, 9.17) is 0 Å². The molecule has 0 heterocycles. The molecule has 0 radical (unpaired) electrons. The predicted molar refractivity (Wildman–Crippen MR) is 76.9 cm³/mol. The van der Waals surface area contributed by atoms with Gasteiger partial charge in [-0.1, -0.05) is 61.0 Å². The Balaban J connectivity index is 2.07. The highest BCUT2D eigenvalue weighted by molar-refractivity contribution is 5.41. The zero-order valence-corrected chi connectivity index (χ0v) is 11.2. The Kier molecular flexibility index (Phi) is 2.95. The minimum atomic E-state index is 0.588. The van der Waals surface area contributed by atoms with E-state index in [9.17, 15) is 0 Å². The van der Waals surface area contributed by atoms with Crippen molar-refractivity contribution in [2.24, 2.45) is 5.92 Å². The molecule has 1 aliphatic rings. The van der Waals surface area contributed by atoms with Crippen LogP contribution in [0.5, 0.6) is 0 Å². The number of hydrogen-bond donors (Lipinski definition) is 0. The van der Waals surface area contributed by atoms with E-state index < -0.39 is 0 Å². The second kappa shape index (κ2) is 4.61. The first-order valence-corrected chi connectivity index (χ1v) is 6.88. The fraction of sp³-hybridized carbons (Fsp3) is 0.333. The summed E-state index contributed by atoms with van der Waals surface area (Å²) in [6.45, 7) is 4.56. The van der Waals surface area contributed by atoms with E-state index in [1.54, 1.807) is 11.1 Å². The van der Waals surface area contributed by atoms with Crippen LogP contribution in [-0.4, -0.2) is 0 Å². The smallest absolute Gasteiger partial charge is 0.00948 e. The molecule has 2 atom stereocenters. The Morgan fingerprint density at radius 3 is 2.67 bits per heavy atom. The Labute approximate surface area is 110 Å². The van der Waals surface area contributed by atoms with Crippen molar-refractivity contribution in [3.05, 3.63) is 70.8 Å². The van der Waals surface area contributed by atoms with E-state index in [1.807, 2.05) is 0 Å². The van der Waals surface area contributed by atoms with Crippen molar-refractivity contribution >= 4 is 0 Å². The summed E-state index contributed by atoms with van der Waals surface area (Å²) in [5.41, 5.74) is 5.93. The van der Waals surface area contributed by atoms with Crippen LogP contribution in [0.4, 0.5) is 0 Å². The summed E-state index contributed by atoms with van der Waals surface area (Å²) in [6.07, 6.45) is 2.51. The first kappa shape index (κ1) is 11.5. The molecular weight excluding hydrogens is 216 g/mol. The quantitative estimate of drug-likeness (QED) is 0.672. The van der Waals surface area contributed by atoms with Gasteiger partial charge in [0.1, 0.15) is 0 Å². The molecule has 2 aromatic rings. The minimum absolute atomic E-state index is 0.588. The van der Waals surface area contributed by atoms with Crippen LogP contribution in [0.1, 0.15) is 41.5 Å². The fourth-order valence-corrected chi connectivity index (χ4v) is 3.25. The van der Waals surface area contributed by atoms with Gasteiger partial charge in [0.25, 0.3) is 0 Å². The highest BCUT2D eigenvalue weighted by atomic mass is 14.3. The standard InChI is InChI=1S/C18H20/c1-13-6-5-8-16(10-13)18-12-14(2)11-15-7-3-4-9-17(15)18/h3-10,14,18H,11-12H2,1-2H3/t14?,18-/m0/s1. The van der Waals surface area contributed by atoms with Crippen molar-refractivity contribution in [2.45, 2.75) is 32.6 Å². The Bertz CT molecular complexity index is 553. The maximum atomic E-state index is 2.37. The van der Waals surface area contributed by atoms with Crippen LogP contribution in [0.3, 0.4) is 0 Å². The predicted octanol–water partition coefficient (Wildman–Crippen LogP) is 4.71. The van der Waals surface area contributed by atoms with Gasteiger partial charge >= 0.3 is 0 Å². The summed E-state index contributed by atoms with van der Waals surface area (Å²) in [4.78, 5) is 0. The topological polar surface area (TPSA) is 0 Å². The summed E-state index contributed by atoms with van der Waals surface area (Å²) >= 11 is 0. The van der Waals surface area contributed by atoms with Crippen LogP contribution in [0.25, 0.3) is 0 Å². The van der Waals surface area contributed by atoms with E-state index in [0.29, 0.717) is 5.92 Å². The molecule has 0 saturated carbocycles. The van der Waals surface area contributed by atoms with Gasteiger partial charge in [0.2, 0.25) is 0 Å². The SMILES string of the molecule is Cc1cccc([C@@H]2CC(C)Cc3ccccc32)c1. The summed E-state index contributed by atoms with van der Waals surface area (Å²) in [6, 6.07) is 18.0. The number of aryl methyl sites for hydroxylation is 1. The van der Waals surface area contributed by atoms with Crippen molar-refractivity contribution in [2.75, 3.05) is 0 Å². The average molecular weight is 236 g/mol. The second-order valence-electron chi connectivity index (χ2n) is 5.71. The van der Waals surface area contributed by atoms with Gasteiger partial charge in [-0.05, 0) is 42.4 Å². The van der Waals surface area contributed by atoms with E-state index in [2.05, 4.69) is 62.4 Å². The molecule has 0 N–H and O–H groups in total. The lowest BCUT2D eigenvalue weighted by Gasteiger charge is -2.30. The lowest BCUT2D eigenvalue weighted by atomic mass is 9.74. The Morgan fingerprint density at radius 2 is 1.83 bits per heavy atom. The van der Waals surface area contributed by atoms with Gasteiger partial charge in [-0.15, -0.1) is 0 Å². The molecule has 0 bridgehead atoms. The van der Waals surface area contributed by atoms with E-state index in [-0.39, 0.29) is 0 Å². The molecular formula is C18H20. The average Bonchev–Trinajstić information content (AvgIpc) is 2.37. The third kappa shape index (κ3) is 2.08. The molecule has 18 heavy (non-hydrogen) atoms. The summed E-state index contributed by atoms with van der Waals surface area (Å²) in [5.74, 6) is 1.37. The van der Waals surface area contributed by atoms with Gasteiger partial charge in [-0.2, -0.15) is 0 Å². The van der Waals surface area contributed by atoms with Crippen LogP contribution < -0.4 is 0 Å². The number of rotatable bonds is 1. The third-order valence-electron chi connectivity index (χ3n) is 4.08. The highest BCUT2D eigenvalue weighted by Crippen LogP contribution is 2.39. The Morgan fingerprint density at radius 1 is 1.00 bits per heavy atom. The molecule has 0 nitrogen and oxygen atoms in total. The van der Waals surface area contributed by atoms with E-state index in [0.717, 1.165) is 5.92 Å². The maximum absolute atomic E-state index is 2.37. The summed E-state index contributed by atoms with van der Waals surface area (Å²) < 4.78 is 0. The van der Waals surface area contributed by atoms with Gasteiger partial charge in [0, 0.05) is 5.92 Å². The summed E-state index contributed by atoms with van der Waals surface area (Å²) in [7, 11) is 0. The largest absolute Gasteiger partial charge is 0.0622 e. The molecule has 0 amide bonds. The molecule has 1 aliphatic carbocycles. The normalized spacial score (nSPS) is 22.6. The molecule has 3 rings (SSSR count). The van der Waals surface area contributed by atoms with Crippen molar-refractivity contribution in [1.29, 1.82) is 0 Å². The van der Waals surface area contributed by atoms with E-state index in [1.165, 1.54) is 24.0 Å². The van der Waals surface area contributed by atoms with Crippen LogP contribution in [-0.2, 0) is 6.42 Å². The van der Waals surface area contributed by atoms with Crippen LogP contribution in [0.15, 0.2) is 48.5 Å². The number of benzene rings is 2. The first-order chi connectivity index (χ1) is 8.74. The van der Waals surface area contributed by atoms with Gasteiger partial charge in [0.05, 0.1) is 0 Å². The molecule has 0 aromatic heterocycles. The lowest BCUT2D eigenvalue weighted by Crippen LogP contribution is -2.17. The molecule has 1 unspecified atom stereocenters. The van der Waals surface area contributed by atoms with Crippen molar-refractivity contribution < 1.29 is 0 Å². The van der Waals surface area contributed by atoms with Crippen molar-refractivity contribution in [3.8, 4) is 0 Å². The molecule has 0 aliphatic heterocycles. The van der Waals surface area contributed by atoms with Gasteiger partial charge in [-0.25, -0.2) is 0 Å². The maximum Gasteiger partial charge on any atom is 0.00948 e. The monoisotopic (exact) mass is 236 g/mol. The number of hydrogen-bond acceptors (Lipinski definition) is 0. The lowest BCUT2D eigenvalue weighted by molar-refractivity contribution is 0.464. The van der Waals surface area contributed by atoms with Crippen molar-refractivity contribution in [1.82, 2.24) is 0 Å². The molecule has 2 aromatic carbocycles. The van der Waals surface area contributed by atoms with Crippen LogP contribution >= 0.6 is 0 Å². The molecule has 0 spiro atoms. The molecule has 0 heteroatoms. The Hall–Kier alpha value is -1.56. The van der Waals surface area contributed by atoms with Crippen LogP contribution in [0.2, 0.25) is 0 Å². The fourth-order valence-electron chi connectivity index (χ4n) is 3.25. The van der Waals surface area contributed by atoms with E-state index >= 15 is 0 Å². The van der Waals surface area contributed by atoms with Gasteiger partial charge in [0.15, 0.2) is 0 Å². The zero-order chi connectivity index (χ0) is 12.5. The summed E-state index contributed by atoms with van der Waals surface area (Å²) in [5, 5.41) is 0. The third-order valence-corrected chi connectivity index (χ3v) is 4.08. The molecule has 92 valence electrons.